The number of hydrogen-bond donors (Lipinski definition) is 1. The van der Waals surface area contributed by atoms with Crippen LogP contribution in [-0.2, 0) is 9.59 Å². The Morgan fingerprint density at radius 1 is 1.41 bits per heavy atom. The molecule has 120 valence electrons. The molecule has 1 aromatic rings. The van der Waals surface area contributed by atoms with Crippen LogP contribution in [0, 0.1) is 12.8 Å². The maximum Gasteiger partial charge on any atom is 0.303 e. The molecule has 0 aliphatic carbocycles. The van der Waals surface area contributed by atoms with E-state index in [2.05, 4.69) is 0 Å². The fraction of sp³-hybridized carbons (Fsp3) is 0.529. The molecule has 1 saturated heterocycles. The van der Waals surface area contributed by atoms with Crippen LogP contribution in [0.25, 0.3) is 0 Å². The first-order valence-electron chi connectivity index (χ1n) is 7.73. The number of amides is 1. The minimum atomic E-state index is -0.772. The molecular formula is C17H23NO4. The molecule has 22 heavy (non-hydrogen) atoms. The lowest BCUT2D eigenvalue weighted by Gasteiger charge is -2.32. The monoisotopic (exact) mass is 305 g/mol. The molecule has 2 rings (SSSR count). The fourth-order valence-corrected chi connectivity index (χ4v) is 2.80. The minimum absolute atomic E-state index is 0.0264. The second-order valence-electron chi connectivity index (χ2n) is 5.89. The molecule has 5 nitrogen and oxygen atoms in total. The van der Waals surface area contributed by atoms with Gasteiger partial charge in [0.25, 0.3) is 5.91 Å². The number of piperidine rings is 1. The standard InChI is InChI=1S/C17H23NO4/c1-13-4-2-6-15(10-13)22-12-16(19)18-9-3-5-14(11-18)7-8-17(20)21/h2,4,6,10,14H,3,5,7-9,11-12H2,1H3,(H,20,21). The topological polar surface area (TPSA) is 66.8 Å². The molecule has 1 aliphatic heterocycles. The van der Waals surface area contributed by atoms with Gasteiger partial charge in [-0.1, -0.05) is 12.1 Å². The quantitative estimate of drug-likeness (QED) is 0.877. The van der Waals surface area contributed by atoms with Crippen molar-refractivity contribution in [2.45, 2.75) is 32.6 Å². The summed E-state index contributed by atoms with van der Waals surface area (Å²) in [5.41, 5.74) is 1.09. The Labute approximate surface area is 130 Å². The molecule has 1 amide bonds. The maximum atomic E-state index is 12.2. The number of aliphatic carboxylic acids is 1. The van der Waals surface area contributed by atoms with Gasteiger partial charge in [0.2, 0.25) is 0 Å². The number of likely N-dealkylation sites (tertiary alicyclic amines) is 1. The maximum absolute atomic E-state index is 12.2. The van der Waals surface area contributed by atoms with E-state index < -0.39 is 5.97 Å². The lowest BCUT2D eigenvalue weighted by atomic mass is 9.93. The number of ether oxygens (including phenoxy) is 1. The Morgan fingerprint density at radius 3 is 2.95 bits per heavy atom. The van der Waals surface area contributed by atoms with Crippen molar-refractivity contribution >= 4 is 11.9 Å². The van der Waals surface area contributed by atoms with Crippen molar-refractivity contribution in [3.63, 3.8) is 0 Å². The van der Waals surface area contributed by atoms with Gasteiger partial charge in [-0.15, -0.1) is 0 Å². The van der Waals surface area contributed by atoms with Gasteiger partial charge < -0.3 is 14.7 Å². The highest BCUT2D eigenvalue weighted by Gasteiger charge is 2.24. The lowest BCUT2D eigenvalue weighted by molar-refractivity contribution is -0.137. The highest BCUT2D eigenvalue weighted by Crippen LogP contribution is 2.21. The Kier molecular flexibility index (Phi) is 5.81. The highest BCUT2D eigenvalue weighted by atomic mass is 16.5. The zero-order chi connectivity index (χ0) is 15.9. The number of carbonyl (C=O) groups is 2. The van der Waals surface area contributed by atoms with Crippen LogP contribution in [0.2, 0.25) is 0 Å². The van der Waals surface area contributed by atoms with E-state index in [1.807, 2.05) is 31.2 Å². The van der Waals surface area contributed by atoms with E-state index >= 15 is 0 Å². The normalized spacial score (nSPS) is 18.0. The van der Waals surface area contributed by atoms with Gasteiger partial charge in [-0.05, 0) is 49.8 Å². The van der Waals surface area contributed by atoms with Crippen molar-refractivity contribution in [3.05, 3.63) is 29.8 Å². The van der Waals surface area contributed by atoms with E-state index in [1.54, 1.807) is 4.90 Å². The number of carbonyl (C=O) groups excluding carboxylic acids is 1. The summed E-state index contributed by atoms with van der Waals surface area (Å²) in [6, 6.07) is 7.62. The molecule has 0 bridgehead atoms. The van der Waals surface area contributed by atoms with E-state index in [0.717, 1.165) is 24.9 Å². The number of nitrogens with zero attached hydrogens (tertiary/aromatic N) is 1. The van der Waals surface area contributed by atoms with Crippen LogP contribution in [0.1, 0.15) is 31.2 Å². The predicted molar refractivity (Wildman–Crippen MR) is 82.8 cm³/mol. The molecule has 1 heterocycles. The summed E-state index contributed by atoms with van der Waals surface area (Å²) in [6.07, 6.45) is 2.74. The van der Waals surface area contributed by atoms with Crippen LogP contribution >= 0.6 is 0 Å². The second-order valence-corrected chi connectivity index (χ2v) is 5.89. The Balaban J connectivity index is 1.80. The summed E-state index contributed by atoms with van der Waals surface area (Å²) in [7, 11) is 0. The summed E-state index contributed by atoms with van der Waals surface area (Å²) in [6.45, 7) is 3.39. The van der Waals surface area contributed by atoms with Crippen LogP contribution < -0.4 is 4.74 Å². The zero-order valence-electron chi connectivity index (χ0n) is 13.0. The third-order valence-electron chi connectivity index (χ3n) is 3.99. The summed E-state index contributed by atoms with van der Waals surface area (Å²) >= 11 is 0. The average molecular weight is 305 g/mol. The smallest absolute Gasteiger partial charge is 0.303 e. The summed E-state index contributed by atoms with van der Waals surface area (Å²) in [5, 5.41) is 8.75. The molecule has 1 fully saturated rings. The van der Waals surface area contributed by atoms with Gasteiger partial charge in [-0.2, -0.15) is 0 Å². The first-order chi connectivity index (χ1) is 10.5. The molecule has 0 aromatic heterocycles. The van der Waals surface area contributed by atoms with Crippen LogP contribution in [0.5, 0.6) is 5.75 Å². The third-order valence-corrected chi connectivity index (χ3v) is 3.99. The number of carboxylic acid groups (broad SMARTS) is 1. The SMILES string of the molecule is Cc1cccc(OCC(=O)N2CCCC(CCC(=O)O)C2)c1. The van der Waals surface area contributed by atoms with Crippen molar-refractivity contribution < 1.29 is 19.4 Å². The molecule has 0 radical (unpaired) electrons. The minimum Gasteiger partial charge on any atom is -0.484 e. The lowest BCUT2D eigenvalue weighted by Crippen LogP contribution is -2.42. The first kappa shape index (κ1) is 16.3. The van der Waals surface area contributed by atoms with E-state index in [0.29, 0.717) is 18.7 Å². The van der Waals surface area contributed by atoms with E-state index in [-0.39, 0.29) is 24.9 Å². The Bertz CT molecular complexity index is 529. The number of aryl methyl sites for hydroxylation is 1. The van der Waals surface area contributed by atoms with Crippen LogP contribution in [0.3, 0.4) is 0 Å². The van der Waals surface area contributed by atoms with Crippen LogP contribution in [0.4, 0.5) is 0 Å². The number of hydrogen-bond acceptors (Lipinski definition) is 3. The van der Waals surface area contributed by atoms with Gasteiger partial charge >= 0.3 is 5.97 Å². The molecule has 1 aliphatic rings. The van der Waals surface area contributed by atoms with E-state index in [1.165, 1.54) is 0 Å². The summed E-state index contributed by atoms with van der Waals surface area (Å²) in [5.74, 6) is 0.188. The van der Waals surface area contributed by atoms with Gasteiger partial charge in [0, 0.05) is 19.5 Å². The first-order valence-corrected chi connectivity index (χ1v) is 7.73. The third kappa shape index (κ3) is 5.06. The van der Waals surface area contributed by atoms with Gasteiger partial charge in [0.05, 0.1) is 0 Å². The zero-order valence-corrected chi connectivity index (χ0v) is 13.0. The fourth-order valence-electron chi connectivity index (χ4n) is 2.80. The summed E-state index contributed by atoms with van der Waals surface area (Å²) < 4.78 is 5.55. The molecule has 1 N–H and O–H groups in total. The number of carboxylic acids is 1. The second kappa shape index (κ2) is 7.82. The van der Waals surface area contributed by atoms with Crippen molar-refractivity contribution in [1.29, 1.82) is 0 Å². The molecule has 5 heteroatoms. The van der Waals surface area contributed by atoms with Crippen LogP contribution in [-0.4, -0.2) is 41.6 Å². The van der Waals surface area contributed by atoms with E-state index in [4.69, 9.17) is 9.84 Å². The van der Waals surface area contributed by atoms with Crippen molar-refractivity contribution in [2.24, 2.45) is 5.92 Å². The largest absolute Gasteiger partial charge is 0.484 e. The Hall–Kier alpha value is -2.04. The molecule has 0 saturated carbocycles. The average Bonchev–Trinajstić information content (AvgIpc) is 2.51. The van der Waals surface area contributed by atoms with Gasteiger partial charge in [-0.25, -0.2) is 0 Å². The van der Waals surface area contributed by atoms with Crippen molar-refractivity contribution in [1.82, 2.24) is 4.90 Å². The van der Waals surface area contributed by atoms with Crippen molar-refractivity contribution in [3.8, 4) is 5.75 Å². The summed E-state index contributed by atoms with van der Waals surface area (Å²) in [4.78, 5) is 24.7. The highest BCUT2D eigenvalue weighted by molar-refractivity contribution is 5.77. The predicted octanol–water partition coefficient (Wildman–Crippen LogP) is 2.48. The van der Waals surface area contributed by atoms with Gasteiger partial charge in [0.1, 0.15) is 5.75 Å². The van der Waals surface area contributed by atoms with Crippen LogP contribution in [0.15, 0.2) is 24.3 Å². The molecular weight excluding hydrogens is 282 g/mol. The van der Waals surface area contributed by atoms with E-state index in [9.17, 15) is 9.59 Å². The van der Waals surface area contributed by atoms with Gasteiger partial charge in [0.15, 0.2) is 6.61 Å². The van der Waals surface area contributed by atoms with Crippen molar-refractivity contribution in [2.75, 3.05) is 19.7 Å². The molecule has 0 spiro atoms. The Morgan fingerprint density at radius 2 is 2.23 bits per heavy atom. The molecule has 1 unspecified atom stereocenters. The van der Waals surface area contributed by atoms with Gasteiger partial charge in [-0.3, -0.25) is 9.59 Å². The molecule has 1 aromatic carbocycles. The number of rotatable bonds is 6. The molecule has 1 atom stereocenters. The number of benzene rings is 1.